The summed E-state index contributed by atoms with van der Waals surface area (Å²) in [5.74, 6) is -0.0324. The highest BCUT2D eigenvalue weighted by atomic mass is 35.5. The molecule has 0 saturated heterocycles. The van der Waals surface area contributed by atoms with Gasteiger partial charge in [0.2, 0.25) is 5.76 Å². The molecule has 0 aliphatic carbocycles. The number of ether oxygens (including phenoxy) is 1. The summed E-state index contributed by atoms with van der Waals surface area (Å²) in [6, 6.07) is 8.05. The van der Waals surface area contributed by atoms with Crippen LogP contribution in [0.4, 0.5) is 0 Å². The van der Waals surface area contributed by atoms with Gasteiger partial charge in [-0.25, -0.2) is 9.78 Å². The van der Waals surface area contributed by atoms with Crippen LogP contribution in [0.3, 0.4) is 0 Å². The number of halogens is 1. The smallest absolute Gasteiger partial charge is 0.373 e. The molecule has 0 aliphatic rings. The zero-order chi connectivity index (χ0) is 15.7. The molecule has 0 bridgehead atoms. The van der Waals surface area contributed by atoms with Crippen molar-refractivity contribution in [2.24, 2.45) is 0 Å². The molecule has 0 amide bonds. The third kappa shape index (κ3) is 2.60. The molecular weight excluding hydrogens is 308 g/mol. The lowest BCUT2D eigenvalue weighted by atomic mass is 10.2. The number of hydrogen-bond donors (Lipinski definition) is 0. The number of carbonyl (C=O) groups is 1. The Morgan fingerprint density at radius 2 is 2.18 bits per heavy atom. The van der Waals surface area contributed by atoms with Crippen LogP contribution in [-0.4, -0.2) is 22.6 Å². The molecule has 7 heteroatoms. The van der Waals surface area contributed by atoms with Gasteiger partial charge in [0.1, 0.15) is 5.76 Å². The molecule has 22 heavy (non-hydrogen) atoms. The van der Waals surface area contributed by atoms with Crippen molar-refractivity contribution in [2.45, 2.75) is 6.54 Å². The predicted octanol–water partition coefficient (Wildman–Crippen LogP) is 2.48. The molecule has 0 fully saturated rings. The van der Waals surface area contributed by atoms with Crippen LogP contribution in [0.25, 0.3) is 10.9 Å². The molecule has 6 nitrogen and oxygen atoms in total. The molecule has 0 N–H and O–H groups in total. The number of rotatable bonds is 3. The Labute approximate surface area is 129 Å². The van der Waals surface area contributed by atoms with E-state index in [9.17, 15) is 9.59 Å². The summed E-state index contributed by atoms with van der Waals surface area (Å²) in [7, 11) is 1.27. The van der Waals surface area contributed by atoms with Crippen LogP contribution in [0.15, 0.2) is 45.9 Å². The summed E-state index contributed by atoms with van der Waals surface area (Å²) >= 11 is 5.91. The molecule has 0 unspecified atom stereocenters. The highest BCUT2D eigenvalue weighted by molar-refractivity contribution is 6.31. The third-order valence-electron chi connectivity index (χ3n) is 3.16. The lowest BCUT2D eigenvalue weighted by Crippen LogP contribution is -2.20. The summed E-state index contributed by atoms with van der Waals surface area (Å²) in [4.78, 5) is 28.0. The van der Waals surface area contributed by atoms with E-state index in [1.54, 1.807) is 24.3 Å². The van der Waals surface area contributed by atoms with Gasteiger partial charge in [-0.3, -0.25) is 9.36 Å². The second kappa shape index (κ2) is 5.65. The number of benzene rings is 1. The van der Waals surface area contributed by atoms with Crippen molar-refractivity contribution in [3.8, 4) is 0 Å². The number of methoxy groups -OCH3 is 1. The molecule has 1 aromatic carbocycles. The van der Waals surface area contributed by atoms with Gasteiger partial charge in [-0.15, -0.1) is 0 Å². The van der Waals surface area contributed by atoms with Gasteiger partial charge in [-0.05, 0) is 30.3 Å². The average molecular weight is 319 g/mol. The van der Waals surface area contributed by atoms with Crippen molar-refractivity contribution in [1.29, 1.82) is 0 Å². The van der Waals surface area contributed by atoms with E-state index in [4.69, 9.17) is 16.0 Å². The zero-order valence-corrected chi connectivity index (χ0v) is 12.3. The van der Waals surface area contributed by atoms with Gasteiger partial charge in [-0.1, -0.05) is 11.6 Å². The molecule has 3 aromatic rings. The molecule has 0 aliphatic heterocycles. The molecule has 2 aromatic heterocycles. The van der Waals surface area contributed by atoms with E-state index in [0.29, 0.717) is 21.7 Å². The summed E-state index contributed by atoms with van der Waals surface area (Å²) in [5, 5.41) is 0.893. The molecular formula is C15H11ClN2O4. The number of fused-ring (bicyclic) bond motifs is 1. The second-order valence-electron chi connectivity index (χ2n) is 4.60. The standard InChI is InChI=1S/C15H11ClN2O4/c1-21-15(20)13-5-3-10(22-13)7-18-8-17-12-4-2-9(16)6-11(12)14(18)19/h2-6,8H,7H2,1H3. The van der Waals surface area contributed by atoms with Gasteiger partial charge in [0.15, 0.2) is 0 Å². The van der Waals surface area contributed by atoms with E-state index < -0.39 is 5.97 Å². The van der Waals surface area contributed by atoms with Crippen LogP contribution in [0.5, 0.6) is 0 Å². The number of aromatic nitrogens is 2. The Kier molecular flexibility index (Phi) is 3.68. The lowest BCUT2D eigenvalue weighted by molar-refractivity contribution is 0.0563. The molecule has 0 radical (unpaired) electrons. The molecule has 2 heterocycles. The normalized spacial score (nSPS) is 10.8. The van der Waals surface area contributed by atoms with E-state index in [1.807, 2.05) is 0 Å². The zero-order valence-electron chi connectivity index (χ0n) is 11.6. The van der Waals surface area contributed by atoms with Crippen LogP contribution in [0.1, 0.15) is 16.3 Å². The van der Waals surface area contributed by atoms with Crippen molar-refractivity contribution in [3.05, 3.63) is 63.6 Å². The van der Waals surface area contributed by atoms with Crippen molar-refractivity contribution in [3.63, 3.8) is 0 Å². The van der Waals surface area contributed by atoms with Gasteiger partial charge >= 0.3 is 5.97 Å². The topological polar surface area (TPSA) is 74.3 Å². The van der Waals surface area contributed by atoms with Crippen molar-refractivity contribution >= 4 is 28.5 Å². The first-order valence-corrected chi connectivity index (χ1v) is 6.78. The highest BCUT2D eigenvalue weighted by Gasteiger charge is 2.12. The van der Waals surface area contributed by atoms with Crippen LogP contribution >= 0.6 is 11.6 Å². The molecule has 0 saturated carbocycles. The van der Waals surface area contributed by atoms with Crippen molar-refractivity contribution < 1.29 is 13.9 Å². The van der Waals surface area contributed by atoms with Crippen LogP contribution < -0.4 is 5.56 Å². The largest absolute Gasteiger partial charge is 0.463 e. The van der Waals surface area contributed by atoms with E-state index in [1.165, 1.54) is 24.1 Å². The Balaban J connectivity index is 1.97. The minimum absolute atomic E-state index is 0.0855. The van der Waals surface area contributed by atoms with Gasteiger partial charge in [0, 0.05) is 5.02 Å². The Morgan fingerprint density at radius 3 is 2.95 bits per heavy atom. The number of nitrogens with zero attached hydrogens (tertiary/aromatic N) is 2. The van der Waals surface area contributed by atoms with E-state index in [0.717, 1.165) is 0 Å². The third-order valence-corrected chi connectivity index (χ3v) is 3.40. The van der Waals surface area contributed by atoms with Crippen LogP contribution in [0.2, 0.25) is 5.02 Å². The maximum Gasteiger partial charge on any atom is 0.373 e. The minimum atomic E-state index is -0.568. The van der Waals surface area contributed by atoms with Gasteiger partial charge in [0.05, 0.1) is 30.9 Å². The van der Waals surface area contributed by atoms with Crippen LogP contribution in [-0.2, 0) is 11.3 Å². The fourth-order valence-electron chi connectivity index (χ4n) is 2.08. The fourth-order valence-corrected chi connectivity index (χ4v) is 2.26. The summed E-state index contributed by atoms with van der Waals surface area (Å²) in [6.45, 7) is 0.158. The quantitative estimate of drug-likeness (QED) is 0.694. The first-order chi connectivity index (χ1) is 10.6. The van der Waals surface area contributed by atoms with Gasteiger partial charge in [-0.2, -0.15) is 0 Å². The van der Waals surface area contributed by atoms with Gasteiger partial charge < -0.3 is 9.15 Å². The lowest BCUT2D eigenvalue weighted by Gasteiger charge is -2.05. The van der Waals surface area contributed by atoms with E-state index >= 15 is 0 Å². The number of carbonyl (C=O) groups excluding carboxylic acids is 1. The second-order valence-corrected chi connectivity index (χ2v) is 5.03. The minimum Gasteiger partial charge on any atom is -0.463 e. The van der Waals surface area contributed by atoms with Crippen molar-refractivity contribution in [1.82, 2.24) is 9.55 Å². The van der Waals surface area contributed by atoms with Gasteiger partial charge in [0.25, 0.3) is 5.56 Å². The maximum absolute atomic E-state index is 12.4. The maximum atomic E-state index is 12.4. The van der Waals surface area contributed by atoms with Crippen molar-refractivity contribution in [2.75, 3.05) is 7.11 Å². The molecule has 112 valence electrons. The summed E-state index contributed by atoms with van der Waals surface area (Å²) in [6.07, 6.45) is 1.43. The predicted molar refractivity (Wildman–Crippen MR) is 80.2 cm³/mol. The van der Waals surface area contributed by atoms with E-state index in [-0.39, 0.29) is 17.9 Å². The fraction of sp³-hybridized carbons (Fsp3) is 0.133. The SMILES string of the molecule is COC(=O)c1ccc(Cn2cnc3ccc(Cl)cc3c2=O)o1. The Hall–Kier alpha value is -2.60. The summed E-state index contributed by atoms with van der Waals surface area (Å²) < 4.78 is 11.3. The molecule has 0 spiro atoms. The molecule has 0 atom stereocenters. The first kappa shape index (κ1) is 14.3. The van der Waals surface area contributed by atoms with Crippen LogP contribution in [0, 0.1) is 0 Å². The Bertz CT molecular complexity index is 913. The monoisotopic (exact) mass is 318 g/mol. The first-order valence-electron chi connectivity index (χ1n) is 6.40. The number of hydrogen-bond acceptors (Lipinski definition) is 5. The number of esters is 1. The van der Waals surface area contributed by atoms with E-state index in [2.05, 4.69) is 9.72 Å². The average Bonchev–Trinajstić information content (AvgIpc) is 2.98. The highest BCUT2D eigenvalue weighted by Crippen LogP contribution is 2.15. The molecule has 3 rings (SSSR count). The summed E-state index contributed by atoms with van der Waals surface area (Å²) in [5.41, 5.74) is 0.337. The number of furan rings is 1. The Morgan fingerprint density at radius 1 is 1.36 bits per heavy atom.